The number of nitrogens with one attached hydrogen (secondary N) is 2. The average Bonchev–Trinajstić information content (AvgIpc) is 2.76. The first-order valence-electron chi connectivity index (χ1n) is 5.54. The molecule has 1 heterocycles. The first-order valence-corrected chi connectivity index (χ1v) is 5.54. The molecule has 2 aromatic rings. The van der Waals surface area contributed by atoms with Gasteiger partial charge in [-0.3, -0.25) is 0 Å². The van der Waals surface area contributed by atoms with Crippen LogP contribution in [0, 0.1) is 0 Å². The minimum Gasteiger partial charge on any atom is -0.380 e. The number of rotatable bonds is 6. The number of hydrogen-bond donors (Lipinski definition) is 2. The summed E-state index contributed by atoms with van der Waals surface area (Å²) in [5.41, 5.74) is 3.38. The highest BCUT2D eigenvalue weighted by molar-refractivity contribution is 5.74. The molecule has 4 heteroatoms. The maximum absolute atomic E-state index is 5.48. The summed E-state index contributed by atoms with van der Waals surface area (Å²) in [5.74, 6) is 0. The van der Waals surface area contributed by atoms with Crippen molar-refractivity contribution in [1.82, 2.24) is 15.3 Å². The van der Waals surface area contributed by atoms with Crippen molar-refractivity contribution in [2.24, 2.45) is 0 Å². The van der Waals surface area contributed by atoms with E-state index in [1.165, 1.54) is 5.56 Å². The minimum absolute atomic E-state index is 0.765. The normalized spacial score (nSPS) is 11.1. The Morgan fingerprint density at radius 3 is 3.19 bits per heavy atom. The van der Waals surface area contributed by atoms with Gasteiger partial charge in [-0.05, 0) is 31.2 Å². The van der Waals surface area contributed by atoms with E-state index in [0.29, 0.717) is 0 Å². The number of ether oxygens (including phenoxy) is 1. The highest BCUT2D eigenvalue weighted by atomic mass is 16.5. The van der Waals surface area contributed by atoms with Crippen molar-refractivity contribution >= 4 is 11.0 Å². The van der Waals surface area contributed by atoms with Crippen molar-refractivity contribution in [3.05, 3.63) is 30.1 Å². The molecule has 4 nitrogen and oxygen atoms in total. The molecule has 2 rings (SSSR count). The van der Waals surface area contributed by atoms with E-state index in [2.05, 4.69) is 27.4 Å². The molecule has 1 aromatic carbocycles. The van der Waals surface area contributed by atoms with Crippen LogP contribution < -0.4 is 5.32 Å². The topological polar surface area (TPSA) is 49.9 Å². The molecule has 0 aliphatic carbocycles. The zero-order valence-electron chi connectivity index (χ0n) is 9.49. The number of likely N-dealkylation sites (N-methyl/N-ethyl adjacent to an activating group) is 1. The van der Waals surface area contributed by atoms with Crippen LogP contribution in [0.3, 0.4) is 0 Å². The van der Waals surface area contributed by atoms with Crippen LogP contribution in [0.2, 0.25) is 0 Å². The number of benzene rings is 1. The Morgan fingerprint density at radius 2 is 2.31 bits per heavy atom. The van der Waals surface area contributed by atoms with Gasteiger partial charge >= 0.3 is 0 Å². The predicted molar refractivity (Wildman–Crippen MR) is 64.5 cm³/mol. The molecular formula is C12H17N3O. The second kappa shape index (κ2) is 5.63. The zero-order valence-corrected chi connectivity index (χ0v) is 9.49. The Morgan fingerprint density at radius 1 is 1.38 bits per heavy atom. The number of hydrogen-bond acceptors (Lipinski definition) is 3. The van der Waals surface area contributed by atoms with Crippen molar-refractivity contribution < 1.29 is 4.74 Å². The van der Waals surface area contributed by atoms with Gasteiger partial charge in [0.25, 0.3) is 0 Å². The summed E-state index contributed by atoms with van der Waals surface area (Å²) < 4.78 is 5.48. The first-order chi connectivity index (χ1) is 7.90. The fraction of sp³-hybridized carbons (Fsp3) is 0.417. The van der Waals surface area contributed by atoms with Crippen molar-refractivity contribution in [2.75, 3.05) is 26.8 Å². The second-order valence-corrected chi connectivity index (χ2v) is 3.72. The zero-order chi connectivity index (χ0) is 11.2. The van der Waals surface area contributed by atoms with Crippen LogP contribution in [-0.4, -0.2) is 36.8 Å². The Bertz CT molecular complexity index is 439. The van der Waals surface area contributed by atoms with Gasteiger partial charge < -0.3 is 15.0 Å². The summed E-state index contributed by atoms with van der Waals surface area (Å²) in [6, 6.07) is 6.27. The molecular weight excluding hydrogens is 202 g/mol. The fourth-order valence-electron chi connectivity index (χ4n) is 1.60. The molecule has 16 heavy (non-hydrogen) atoms. The Kier molecular flexibility index (Phi) is 3.91. The summed E-state index contributed by atoms with van der Waals surface area (Å²) in [7, 11) is 1.93. The molecule has 0 spiro atoms. The molecule has 0 unspecified atom stereocenters. The van der Waals surface area contributed by atoms with Crippen molar-refractivity contribution in [3.8, 4) is 0 Å². The number of H-pyrrole nitrogens is 1. The highest BCUT2D eigenvalue weighted by Crippen LogP contribution is 2.11. The van der Waals surface area contributed by atoms with Gasteiger partial charge in [-0.15, -0.1) is 0 Å². The monoisotopic (exact) mass is 219 g/mol. The van der Waals surface area contributed by atoms with Gasteiger partial charge in [0.1, 0.15) is 0 Å². The summed E-state index contributed by atoms with van der Waals surface area (Å²) in [4.78, 5) is 7.29. The highest BCUT2D eigenvalue weighted by Gasteiger charge is 1.98. The van der Waals surface area contributed by atoms with E-state index in [4.69, 9.17) is 4.74 Å². The van der Waals surface area contributed by atoms with E-state index in [1.807, 2.05) is 13.1 Å². The summed E-state index contributed by atoms with van der Waals surface area (Å²) in [6.45, 7) is 2.43. The van der Waals surface area contributed by atoms with Crippen LogP contribution in [0.25, 0.3) is 11.0 Å². The quantitative estimate of drug-likeness (QED) is 0.721. The van der Waals surface area contributed by atoms with E-state index in [1.54, 1.807) is 6.33 Å². The fourth-order valence-corrected chi connectivity index (χ4v) is 1.60. The van der Waals surface area contributed by atoms with E-state index in [-0.39, 0.29) is 0 Å². The lowest BCUT2D eigenvalue weighted by atomic mass is 10.1. The van der Waals surface area contributed by atoms with Gasteiger partial charge in [-0.2, -0.15) is 0 Å². The average molecular weight is 219 g/mol. The van der Waals surface area contributed by atoms with Crippen molar-refractivity contribution in [2.45, 2.75) is 6.42 Å². The maximum Gasteiger partial charge on any atom is 0.0931 e. The van der Waals surface area contributed by atoms with E-state index in [9.17, 15) is 0 Å². The molecule has 0 saturated carbocycles. The Hall–Kier alpha value is -1.39. The molecule has 0 aliphatic rings. The first kappa shape index (κ1) is 11.1. The molecule has 0 bridgehead atoms. The van der Waals surface area contributed by atoms with Gasteiger partial charge in [0.15, 0.2) is 0 Å². The van der Waals surface area contributed by atoms with Crippen LogP contribution >= 0.6 is 0 Å². The second-order valence-electron chi connectivity index (χ2n) is 3.72. The molecule has 0 amide bonds. The third kappa shape index (κ3) is 2.81. The van der Waals surface area contributed by atoms with Crippen molar-refractivity contribution in [3.63, 3.8) is 0 Å². The van der Waals surface area contributed by atoms with Gasteiger partial charge in [0.2, 0.25) is 0 Å². The Balaban J connectivity index is 1.84. The molecule has 2 N–H and O–H groups in total. The van der Waals surface area contributed by atoms with Gasteiger partial charge in [0.05, 0.1) is 30.6 Å². The van der Waals surface area contributed by atoms with Crippen molar-refractivity contribution in [1.29, 1.82) is 0 Å². The lowest BCUT2D eigenvalue weighted by Crippen LogP contribution is -2.15. The number of aromatic amines is 1. The van der Waals surface area contributed by atoms with Crippen LogP contribution in [0.4, 0.5) is 0 Å². The summed E-state index contributed by atoms with van der Waals surface area (Å²) in [5, 5.41) is 3.05. The van der Waals surface area contributed by atoms with Gasteiger partial charge in [-0.1, -0.05) is 6.07 Å². The third-order valence-electron chi connectivity index (χ3n) is 2.52. The standard InChI is InChI=1S/C12H17N3O/c1-13-5-7-16-6-4-10-2-3-11-12(8-10)15-9-14-11/h2-3,8-9,13H,4-7H2,1H3,(H,14,15). The number of nitrogens with zero attached hydrogens (tertiary/aromatic N) is 1. The molecule has 0 fully saturated rings. The van der Waals surface area contributed by atoms with Crippen LogP contribution in [0.15, 0.2) is 24.5 Å². The molecule has 0 radical (unpaired) electrons. The molecule has 1 aromatic heterocycles. The van der Waals surface area contributed by atoms with Crippen LogP contribution in [-0.2, 0) is 11.2 Å². The van der Waals surface area contributed by atoms with Crippen LogP contribution in [0.1, 0.15) is 5.56 Å². The number of aromatic nitrogens is 2. The van der Waals surface area contributed by atoms with Gasteiger partial charge in [-0.25, -0.2) is 4.98 Å². The SMILES string of the molecule is CNCCOCCc1ccc2nc[nH]c2c1. The van der Waals surface area contributed by atoms with E-state index in [0.717, 1.165) is 37.2 Å². The molecule has 86 valence electrons. The summed E-state index contributed by atoms with van der Waals surface area (Å²) >= 11 is 0. The Labute approximate surface area is 95.0 Å². The van der Waals surface area contributed by atoms with E-state index >= 15 is 0 Å². The third-order valence-corrected chi connectivity index (χ3v) is 2.52. The number of imidazole rings is 1. The van der Waals surface area contributed by atoms with Crippen LogP contribution in [0.5, 0.6) is 0 Å². The molecule has 0 atom stereocenters. The maximum atomic E-state index is 5.48. The summed E-state index contributed by atoms with van der Waals surface area (Å²) in [6.07, 6.45) is 2.66. The number of fused-ring (bicyclic) bond motifs is 1. The minimum atomic E-state index is 0.765. The lowest BCUT2D eigenvalue weighted by Gasteiger charge is -2.04. The largest absolute Gasteiger partial charge is 0.380 e. The molecule has 0 saturated heterocycles. The van der Waals surface area contributed by atoms with Gasteiger partial charge in [0, 0.05) is 6.54 Å². The predicted octanol–water partition coefficient (Wildman–Crippen LogP) is 1.34. The smallest absolute Gasteiger partial charge is 0.0931 e. The molecule has 0 aliphatic heterocycles. The van der Waals surface area contributed by atoms with E-state index < -0.39 is 0 Å². The lowest BCUT2D eigenvalue weighted by molar-refractivity contribution is 0.140.